The molecule has 4 nitrogen and oxygen atoms in total. The topological polar surface area (TPSA) is 52.6 Å². The summed E-state index contributed by atoms with van der Waals surface area (Å²) < 4.78 is 11.2. The van der Waals surface area contributed by atoms with Crippen LogP contribution < -0.4 is 0 Å². The number of ether oxygens (including phenoxy) is 2. The maximum atomic E-state index is 12.5. The highest BCUT2D eigenvalue weighted by atomic mass is 16.6. The monoisotopic (exact) mass is 332 g/mol. The molecule has 1 aliphatic carbocycles. The lowest BCUT2D eigenvalue weighted by atomic mass is 9.90. The lowest BCUT2D eigenvalue weighted by Gasteiger charge is -2.31. The van der Waals surface area contributed by atoms with Crippen LogP contribution in [0.5, 0.6) is 0 Å². The zero-order valence-electron chi connectivity index (χ0n) is 15.1. The van der Waals surface area contributed by atoms with E-state index in [1.807, 2.05) is 51.1 Å². The molecule has 4 heteroatoms. The molecule has 0 radical (unpaired) electrons. The largest absolute Gasteiger partial charge is 0.451 e. The first-order chi connectivity index (χ1) is 11.3. The van der Waals surface area contributed by atoms with E-state index in [1.165, 1.54) is 0 Å². The van der Waals surface area contributed by atoms with Gasteiger partial charge in [-0.15, -0.1) is 0 Å². The Hall–Kier alpha value is -1.84. The minimum Gasteiger partial charge on any atom is -0.451 e. The lowest BCUT2D eigenvalue weighted by molar-refractivity contribution is -0.182. The molecule has 0 heterocycles. The standard InChI is InChI=1S/C20H28O4/c1-5-19(3,4)18(22)23-15(2)17(21)24-20(13-9-10-14-20)16-11-7-6-8-12-16/h6-8,11-12,15H,5,9-10,13-14H2,1-4H3. The fourth-order valence-electron chi connectivity index (χ4n) is 2.93. The summed E-state index contributed by atoms with van der Waals surface area (Å²) >= 11 is 0. The lowest BCUT2D eigenvalue weighted by Crippen LogP contribution is -2.38. The van der Waals surface area contributed by atoms with E-state index in [4.69, 9.17) is 9.47 Å². The van der Waals surface area contributed by atoms with Gasteiger partial charge in [0.25, 0.3) is 0 Å². The van der Waals surface area contributed by atoms with Crippen LogP contribution in [0, 0.1) is 5.41 Å². The summed E-state index contributed by atoms with van der Waals surface area (Å²) in [5.74, 6) is -0.837. The summed E-state index contributed by atoms with van der Waals surface area (Å²) in [5, 5.41) is 0. The van der Waals surface area contributed by atoms with Gasteiger partial charge in [-0.3, -0.25) is 4.79 Å². The smallest absolute Gasteiger partial charge is 0.348 e. The number of hydrogen-bond donors (Lipinski definition) is 0. The predicted octanol–water partition coefficient (Wildman–Crippen LogP) is 4.37. The number of rotatable bonds is 6. The van der Waals surface area contributed by atoms with Gasteiger partial charge in [-0.1, -0.05) is 37.3 Å². The molecule has 1 saturated carbocycles. The van der Waals surface area contributed by atoms with Gasteiger partial charge >= 0.3 is 11.9 Å². The number of carbonyl (C=O) groups excluding carboxylic acids is 2. The Labute approximate surface area is 144 Å². The molecule has 1 aromatic rings. The Balaban J connectivity index is 2.08. The molecule has 0 amide bonds. The van der Waals surface area contributed by atoms with Gasteiger partial charge in [-0.25, -0.2) is 4.79 Å². The van der Waals surface area contributed by atoms with Crippen molar-refractivity contribution in [2.45, 2.75) is 71.5 Å². The highest BCUT2D eigenvalue weighted by molar-refractivity contribution is 5.81. The SMILES string of the molecule is CCC(C)(C)C(=O)OC(C)C(=O)OC1(c2ccccc2)CCCC1. The van der Waals surface area contributed by atoms with Gasteiger partial charge in [0.05, 0.1) is 5.41 Å². The summed E-state index contributed by atoms with van der Waals surface area (Å²) in [4.78, 5) is 24.7. The predicted molar refractivity (Wildman–Crippen MR) is 92.3 cm³/mol. The molecule has 1 aromatic carbocycles. The van der Waals surface area contributed by atoms with Crippen LogP contribution in [-0.4, -0.2) is 18.0 Å². The minimum absolute atomic E-state index is 0.366. The van der Waals surface area contributed by atoms with Crippen LogP contribution in [0.4, 0.5) is 0 Å². The fourth-order valence-corrected chi connectivity index (χ4v) is 2.93. The van der Waals surface area contributed by atoms with E-state index in [-0.39, 0.29) is 5.97 Å². The molecule has 24 heavy (non-hydrogen) atoms. The second-order valence-corrected chi connectivity index (χ2v) is 7.27. The molecule has 0 saturated heterocycles. The van der Waals surface area contributed by atoms with Gasteiger partial charge < -0.3 is 9.47 Å². The van der Waals surface area contributed by atoms with Gasteiger partial charge in [0.2, 0.25) is 0 Å². The van der Waals surface area contributed by atoms with Crippen LogP contribution in [-0.2, 0) is 24.7 Å². The normalized spacial score (nSPS) is 18.0. The molecule has 0 spiro atoms. The van der Waals surface area contributed by atoms with Gasteiger partial charge in [-0.05, 0) is 58.4 Å². The quantitative estimate of drug-likeness (QED) is 0.726. The van der Waals surface area contributed by atoms with Crippen molar-refractivity contribution in [3.63, 3.8) is 0 Å². The molecule has 1 atom stereocenters. The van der Waals surface area contributed by atoms with Crippen LogP contribution in [0.15, 0.2) is 30.3 Å². The average molecular weight is 332 g/mol. The molecule has 0 N–H and O–H groups in total. The van der Waals surface area contributed by atoms with E-state index < -0.39 is 23.1 Å². The second-order valence-electron chi connectivity index (χ2n) is 7.27. The Morgan fingerprint density at radius 1 is 1.17 bits per heavy atom. The first kappa shape index (κ1) is 18.5. The van der Waals surface area contributed by atoms with Crippen molar-refractivity contribution < 1.29 is 19.1 Å². The van der Waals surface area contributed by atoms with E-state index in [2.05, 4.69) is 0 Å². The van der Waals surface area contributed by atoms with Crippen molar-refractivity contribution in [1.82, 2.24) is 0 Å². The van der Waals surface area contributed by atoms with Gasteiger partial charge in [-0.2, -0.15) is 0 Å². The average Bonchev–Trinajstić information content (AvgIpc) is 3.05. The number of esters is 2. The van der Waals surface area contributed by atoms with Crippen molar-refractivity contribution >= 4 is 11.9 Å². The fraction of sp³-hybridized carbons (Fsp3) is 0.600. The first-order valence-electron chi connectivity index (χ1n) is 8.80. The summed E-state index contributed by atoms with van der Waals surface area (Å²) in [6, 6.07) is 9.85. The van der Waals surface area contributed by atoms with Crippen molar-refractivity contribution in [2.24, 2.45) is 5.41 Å². The van der Waals surface area contributed by atoms with E-state index >= 15 is 0 Å². The molecule has 1 aliphatic rings. The van der Waals surface area contributed by atoms with Crippen molar-refractivity contribution in [1.29, 1.82) is 0 Å². The summed E-state index contributed by atoms with van der Waals surface area (Å²) in [6.45, 7) is 7.14. The molecule has 2 rings (SSSR count). The molecular weight excluding hydrogens is 304 g/mol. The van der Waals surface area contributed by atoms with Crippen LogP contribution in [0.1, 0.15) is 65.4 Å². The Bertz CT molecular complexity index is 571. The molecule has 0 aliphatic heterocycles. The summed E-state index contributed by atoms with van der Waals surface area (Å²) in [5.41, 5.74) is -0.165. The third-order valence-electron chi connectivity index (χ3n) is 5.06. The van der Waals surface area contributed by atoms with Crippen molar-refractivity contribution in [3.8, 4) is 0 Å². The van der Waals surface area contributed by atoms with E-state index in [9.17, 15) is 9.59 Å². The number of hydrogen-bond acceptors (Lipinski definition) is 4. The Morgan fingerprint density at radius 3 is 2.29 bits per heavy atom. The van der Waals surface area contributed by atoms with E-state index in [0.29, 0.717) is 6.42 Å². The summed E-state index contributed by atoms with van der Waals surface area (Å²) in [6.07, 6.45) is 3.43. The van der Waals surface area contributed by atoms with Crippen molar-refractivity contribution in [2.75, 3.05) is 0 Å². The number of benzene rings is 1. The van der Waals surface area contributed by atoms with Gasteiger partial charge in [0, 0.05) is 0 Å². The highest BCUT2D eigenvalue weighted by Crippen LogP contribution is 2.42. The highest BCUT2D eigenvalue weighted by Gasteiger charge is 2.41. The molecule has 1 fully saturated rings. The summed E-state index contributed by atoms with van der Waals surface area (Å²) in [7, 11) is 0. The van der Waals surface area contributed by atoms with Crippen LogP contribution in [0.3, 0.4) is 0 Å². The van der Waals surface area contributed by atoms with Crippen LogP contribution in [0.2, 0.25) is 0 Å². The van der Waals surface area contributed by atoms with Crippen molar-refractivity contribution in [3.05, 3.63) is 35.9 Å². The molecule has 0 aromatic heterocycles. The Kier molecular flexibility index (Phi) is 5.68. The van der Waals surface area contributed by atoms with Crippen LogP contribution >= 0.6 is 0 Å². The molecular formula is C20H28O4. The first-order valence-corrected chi connectivity index (χ1v) is 8.80. The third-order valence-corrected chi connectivity index (χ3v) is 5.06. The third kappa shape index (κ3) is 3.97. The molecule has 0 bridgehead atoms. The van der Waals surface area contributed by atoms with E-state index in [0.717, 1.165) is 31.2 Å². The van der Waals surface area contributed by atoms with E-state index in [1.54, 1.807) is 6.92 Å². The maximum absolute atomic E-state index is 12.5. The van der Waals surface area contributed by atoms with Gasteiger partial charge in [0.15, 0.2) is 6.10 Å². The second kappa shape index (κ2) is 7.37. The van der Waals surface area contributed by atoms with Gasteiger partial charge in [0.1, 0.15) is 5.60 Å². The zero-order chi connectivity index (χ0) is 17.8. The minimum atomic E-state index is -0.899. The molecule has 132 valence electrons. The molecule has 1 unspecified atom stereocenters. The Morgan fingerprint density at radius 2 is 1.75 bits per heavy atom. The zero-order valence-corrected chi connectivity index (χ0v) is 15.1. The number of carbonyl (C=O) groups is 2. The maximum Gasteiger partial charge on any atom is 0.348 e. The van der Waals surface area contributed by atoms with Crippen LogP contribution in [0.25, 0.3) is 0 Å².